The first kappa shape index (κ1) is 14.9. The molecule has 0 spiro atoms. The zero-order chi connectivity index (χ0) is 13.5. The van der Waals surface area contributed by atoms with Crippen LogP contribution in [0.1, 0.15) is 32.1 Å². The molecule has 0 saturated carbocycles. The van der Waals surface area contributed by atoms with Gasteiger partial charge in [-0.25, -0.2) is 0 Å². The number of aliphatic hydroxyl groups excluding tert-OH is 1. The third kappa shape index (κ3) is 4.62. The minimum Gasteiger partial charge on any atom is -0.481 e. The fourth-order valence-electron chi connectivity index (χ4n) is 2.14. The number of hydrogen-bond acceptors (Lipinski definition) is 4. The van der Waals surface area contributed by atoms with Gasteiger partial charge in [0.25, 0.3) is 0 Å². The molecule has 0 bridgehead atoms. The Morgan fingerprint density at radius 3 is 2.44 bits per heavy atom. The monoisotopic (exact) mass is 258 g/mol. The van der Waals surface area contributed by atoms with Crippen LogP contribution in [0.3, 0.4) is 0 Å². The van der Waals surface area contributed by atoms with Crippen LogP contribution in [0.4, 0.5) is 0 Å². The van der Waals surface area contributed by atoms with Gasteiger partial charge in [-0.1, -0.05) is 0 Å². The summed E-state index contributed by atoms with van der Waals surface area (Å²) in [5, 5.41) is 18.1. The molecule has 6 heteroatoms. The number of carboxylic acids is 1. The van der Waals surface area contributed by atoms with Gasteiger partial charge < -0.3 is 20.8 Å². The van der Waals surface area contributed by atoms with Crippen molar-refractivity contribution in [3.8, 4) is 0 Å². The van der Waals surface area contributed by atoms with E-state index in [0.717, 1.165) is 0 Å². The van der Waals surface area contributed by atoms with Gasteiger partial charge in [-0.2, -0.15) is 0 Å². The highest BCUT2D eigenvalue weighted by Crippen LogP contribution is 2.18. The van der Waals surface area contributed by atoms with Crippen LogP contribution in [0, 0.1) is 5.92 Å². The molecule has 1 atom stereocenters. The van der Waals surface area contributed by atoms with Crippen molar-refractivity contribution in [2.45, 2.75) is 38.2 Å². The number of carbonyl (C=O) groups excluding carboxylic acids is 1. The van der Waals surface area contributed by atoms with E-state index < -0.39 is 12.1 Å². The van der Waals surface area contributed by atoms with E-state index in [4.69, 9.17) is 10.8 Å². The molecular weight excluding hydrogens is 236 g/mol. The number of amides is 1. The van der Waals surface area contributed by atoms with Gasteiger partial charge in [0.1, 0.15) is 0 Å². The van der Waals surface area contributed by atoms with Gasteiger partial charge >= 0.3 is 5.97 Å². The Bertz CT molecular complexity index is 288. The van der Waals surface area contributed by atoms with Crippen LogP contribution in [-0.4, -0.2) is 52.7 Å². The maximum absolute atomic E-state index is 11.8. The van der Waals surface area contributed by atoms with E-state index in [2.05, 4.69) is 0 Å². The van der Waals surface area contributed by atoms with Crippen LogP contribution in [0.25, 0.3) is 0 Å². The van der Waals surface area contributed by atoms with Crippen molar-refractivity contribution in [3.05, 3.63) is 0 Å². The molecule has 1 aliphatic rings. The standard InChI is InChI=1S/C12H22N2O4/c13-8-10(15)2-1-3-11(16)14-6-4-9(5-7-14)12(17)18/h9-10,15H,1-8,13H2,(H,17,18)/t10-/m1/s1. The summed E-state index contributed by atoms with van der Waals surface area (Å²) < 4.78 is 0. The lowest BCUT2D eigenvalue weighted by atomic mass is 9.97. The van der Waals surface area contributed by atoms with Crippen LogP contribution in [0.2, 0.25) is 0 Å². The van der Waals surface area contributed by atoms with Crippen LogP contribution < -0.4 is 5.73 Å². The molecule has 0 aromatic rings. The summed E-state index contributed by atoms with van der Waals surface area (Å²) in [5.41, 5.74) is 5.27. The highest BCUT2D eigenvalue weighted by atomic mass is 16.4. The minimum absolute atomic E-state index is 0.0445. The highest BCUT2D eigenvalue weighted by molar-refractivity contribution is 5.77. The maximum Gasteiger partial charge on any atom is 0.306 e. The Morgan fingerprint density at radius 2 is 1.94 bits per heavy atom. The molecule has 1 heterocycles. The second-order valence-electron chi connectivity index (χ2n) is 4.78. The van der Waals surface area contributed by atoms with Crippen molar-refractivity contribution in [1.82, 2.24) is 4.90 Å². The lowest BCUT2D eigenvalue weighted by molar-refractivity contribution is -0.145. The second kappa shape index (κ2) is 7.33. The Balaban J connectivity index is 2.22. The average molecular weight is 258 g/mol. The molecule has 0 radical (unpaired) electrons. The number of aliphatic hydroxyl groups is 1. The summed E-state index contributed by atoms with van der Waals surface area (Å²) in [5.74, 6) is -1.04. The zero-order valence-corrected chi connectivity index (χ0v) is 10.5. The zero-order valence-electron chi connectivity index (χ0n) is 10.5. The fraction of sp³-hybridized carbons (Fsp3) is 0.833. The van der Waals surface area contributed by atoms with Crippen LogP contribution in [-0.2, 0) is 9.59 Å². The number of rotatable bonds is 6. The van der Waals surface area contributed by atoms with Gasteiger partial charge in [-0.05, 0) is 25.7 Å². The smallest absolute Gasteiger partial charge is 0.306 e. The molecule has 104 valence electrons. The third-order valence-corrected chi connectivity index (χ3v) is 3.40. The van der Waals surface area contributed by atoms with E-state index in [-0.39, 0.29) is 18.4 Å². The lowest BCUT2D eigenvalue weighted by Gasteiger charge is -2.30. The number of aliphatic carboxylic acids is 1. The molecule has 0 aromatic carbocycles. The molecule has 4 N–H and O–H groups in total. The van der Waals surface area contributed by atoms with Gasteiger partial charge in [-0.3, -0.25) is 9.59 Å². The topological polar surface area (TPSA) is 104 Å². The lowest BCUT2D eigenvalue weighted by Crippen LogP contribution is -2.40. The van der Waals surface area contributed by atoms with Gasteiger partial charge in [0.05, 0.1) is 12.0 Å². The minimum atomic E-state index is -0.770. The molecular formula is C12H22N2O4. The molecule has 6 nitrogen and oxygen atoms in total. The first-order valence-corrected chi connectivity index (χ1v) is 6.43. The van der Waals surface area contributed by atoms with E-state index in [1.165, 1.54) is 0 Å². The van der Waals surface area contributed by atoms with Crippen LogP contribution in [0.15, 0.2) is 0 Å². The van der Waals surface area contributed by atoms with Gasteiger partial charge in [-0.15, -0.1) is 0 Å². The number of nitrogens with two attached hydrogens (primary N) is 1. The molecule has 0 unspecified atom stereocenters. The van der Waals surface area contributed by atoms with Gasteiger partial charge in [0.15, 0.2) is 0 Å². The molecule has 1 fully saturated rings. The number of carbonyl (C=O) groups is 2. The summed E-state index contributed by atoms with van der Waals surface area (Å²) in [7, 11) is 0. The highest BCUT2D eigenvalue weighted by Gasteiger charge is 2.26. The molecule has 18 heavy (non-hydrogen) atoms. The predicted octanol–water partition coefficient (Wildman–Crippen LogP) is -0.201. The average Bonchev–Trinajstić information content (AvgIpc) is 2.38. The van der Waals surface area contributed by atoms with Crippen molar-refractivity contribution in [3.63, 3.8) is 0 Å². The van der Waals surface area contributed by atoms with Crippen molar-refractivity contribution in [2.24, 2.45) is 11.7 Å². The van der Waals surface area contributed by atoms with Crippen LogP contribution >= 0.6 is 0 Å². The van der Waals surface area contributed by atoms with Crippen molar-refractivity contribution in [2.75, 3.05) is 19.6 Å². The maximum atomic E-state index is 11.8. The van der Waals surface area contributed by atoms with E-state index >= 15 is 0 Å². The summed E-state index contributed by atoms with van der Waals surface area (Å²) in [4.78, 5) is 24.3. The molecule has 1 saturated heterocycles. The van der Waals surface area contributed by atoms with Crippen LogP contribution in [0.5, 0.6) is 0 Å². The quantitative estimate of drug-likeness (QED) is 0.612. The largest absolute Gasteiger partial charge is 0.481 e. The Hall–Kier alpha value is -1.14. The van der Waals surface area contributed by atoms with E-state index in [1.807, 2.05) is 0 Å². The van der Waals surface area contributed by atoms with E-state index in [9.17, 15) is 14.7 Å². The number of carboxylic acid groups (broad SMARTS) is 1. The first-order chi connectivity index (χ1) is 8.54. The fourth-order valence-corrected chi connectivity index (χ4v) is 2.14. The number of hydrogen-bond donors (Lipinski definition) is 3. The number of piperidine rings is 1. The summed E-state index contributed by atoms with van der Waals surface area (Å²) in [6.45, 7) is 1.27. The van der Waals surface area contributed by atoms with Crippen molar-refractivity contribution >= 4 is 11.9 Å². The third-order valence-electron chi connectivity index (χ3n) is 3.40. The van der Waals surface area contributed by atoms with Crippen molar-refractivity contribution in [1.29, 1.82) is 0 Å². The van der Waals surface area contributed by atoms with Gasteiger partial charge in [0.2, 0.25) is 5.91 Å². The first-order valence-electron chi connectivity index (χ1n) is 6.43. The Labute approximate surface area is 107 Å². The number of nitrogens with zero attached hydrogens (tertiary/aromatic N) is 1. The van der Waals surface area contributed by atoms with Crippen molar-refractivity contribution < 1.29 is 19.8 Å². The SMILES string of the molecule is NC[C@H](O)CCCC(=O)N1CCC(C(=O)O)CC1. The summed E-state index contributed by atoms with van der Waals surface area (Å²) >= 11 is 0. The Morgan fingerprint density at radius 1 is 1.33 bits per heavy atom. The summed E-state index contributed by atoms with van der Waals surface area (Å²) in [6, 6.07) is 0. The molecule has 1 amide bonds. The molecule has 0 aromatic heterocycles. The van der Waals surface area contributed by atoms with Gasteiger partial charge in [0, 0.05) is 26.1 Å². The Kier molecular flexibility index (Phi) is 6.07. The molecule has 1 aliphatic heterocycles. The molecule has 0 aliphatic carbocycles. The normalized spacial score (nSPS) is 18.7. The second-order valence-corrected chi connectivity index (χ2v) is 4.78. The van der Waals surface area contributed by atoms with E-state index in [0.29, 0.717) is 45.2 Å². The number of likely N-dealkylation sites (tertiary alicyclic amines) is 1. The van der Waals surface area contributed by atoms with E-state index in [1.54, 1.807) is 4.90 Å². The summed E-state index contributed by atoms with van der Waals surface area (Å²) in [6.07, 6.45) is 2.09. The molecule has 1 rings (SSSR count). The predicted molar refractivity (Wildman–Crippen MR) is 65.9 cm³/mol.